The molecule has 1 aromatic heterocycles. The lowest BCUT2D eigenvalue weighted by atomic mass is 9.94. The van der Waals surface area contributed by atoms with Crippen LogP contribution in [0.25, 0.3) is 11.3 Å². The van der Waals surface area contributed by atoms with Gasteiger partial charge in [0.1, 0.15) is 5.84 Å². The highest BCUT2D eigenvalue weighted by Gasteiger charge is 2.17. The summed E-state index contributed by atoms with van der Waals surface area (Å²) in [5.74, 6) is 0.672. The Bertz CT molecular complexity index is 628. The Balaban J connectivity index is 1.90. The number of hydrogen-bond donors (Lipinski definition) is 2. The average Bonchev–Trinajstić information content (AvgIpc) is 2.92. The maximum absolute atomic E-state index is 5.63. The van der Waals surface area contributed by atoms with Gasteiger partial charge in [-0.3, -0.25) is 5.10 Å². The van der Waals surface area contributed by atoms with Crippen molar-refractivity contribution in [1.82, 2.24) is 10.2 Å². The average molecular weight is 289 g/mol. The quantitative estimate of drug-likeness (QED) is 0.517. The molecule has 20 heavy (non-hydrogen) atoms. The zero-order chi connectivity index (χ0) is 13.9. The topological polar surface area (TPSA) is 67.1 Å². The summed E-state index contributed by atoms with van der Waals surface area (Å²) in [6.07, 6.45) is 4.71. The monoisotopic (exact) mass is 288 g/mol. The molecule has 0 radical (unpaired) electrons. The van der Waals surface area contributed by atoms with Crippen LogP contribution in [0.5, 0.6) is 0 Å². The Morgan fingerprint density at radius 1 is 1.25 bits per heavy atom. The van der Waals surface area contributed by atoms with Crippen LogP contribution in [0.4, 0.5) is 5.69 Å². The number of benzene rings is 1. The van der Waals surface area contributed by atoms with Crippen LogP contribution in [0.15, 0.2) is 29.3 Å². The third-order valence-corrected chi connectivity index (χ3v) is 3.88. The SMILES string of the molecule is NC(CCl)=Nc1ccc(-c2n[nH]c3c2CCCC3)cc1. The first-order chi connectivity index (χ1) is 9.78. The predicted molar refractivity (Wildman–Crippen MR) is 82.7 cm³/mol. The molecule has 1 aromatic carbocycles. The van der Waals surface area contributed by atoms with Gasteiger partial charge in [-0.05, 0) is 37.8 Å². The third kappa shape index (κ3) is 2.56. The van der Waals surface area contributed by atoms with Gasteiger partial charge in [-0.25, -0.2) is 4.99 Å². The fourth-order valence-corrected chi connectivity index (χ4v) is 2.67. The van der Waals surface area contributed by atoms with E-state index in [0.29, 0.717) is 5.84 Å². The molecule has 0 saturated heterocycles. The van der Waals surface area contributed by atoms with Gasteiger partial charge in [0.05, 0.1) is 17.3 Å². The second kappa shape index (κ2) is 5.67. The van der Waals surface area contributed by atoms with Gasteiger partial charge >= 0.3 is 0 Å². The van der Waals surface area contributed by atoms with E-state index < -0.39 is 0 Å². The number of halogens is 1. The van der Waals surface area contributed by atoms with Gasteiger partial charge in [-0.1, -0.05) is 12.1 Å². The highest BCUT2D eigenvalue weighted by molar-refractivity contribution is 6.28. The minimum atomic E-state index is 0.245. The third-order valence-electron chi connectivity index (χ3n) is 3.61. The molecule has 0 atom stereocenters. The van der Waals surface area contributed by atoms with Gasteiger partial charge in [0.25, 0.3) is 0 Å². The molecule has 104 valence electrons. The smallest absolute Gasteiger partial charge is 0.115 e. The number of nitrogens with zero attached hydrogens (tertiary/aromatic N) is 2. The number of fused-ring (bicyclic) bond motifs is 1. The molecule has 5 heteroatoms. The molecule has 1 aliphatic carbocycles. The van der Waals surface area contributed by atoms with E-state index in [4.69, 9.17) is 17.3 Å². The van der Waals surface area contributed by atoms with E-state index in [1.54, 1.807) is 0 Å². The molecule has 3 rings (SSSR count). The summed E-state index contributed by atoms with van der Waals surface area (Å²) in [7, 11) is 0. The number of nitrogens with one attached hydrogen (secondary N) is 1. The number of alkyl halides is 1. The molecule has 0 unspecified atom stereocenters. The summed E-state index contributed by atoms with van der Waals surface area (Å²) in [5.41, 5.74) is 11.3. The fraction of sp³-hybridized carbons (Fsp3) is 0.333. The second-order valence-corrected chi connectivity index (χ2v) is 5.29. The molecule has 4 nitrogen and oxygen atoms in total. The number of aromatic amines is 1. The zero-order valence-electron chi connectivity index (χ0n) is 11.2. The van der Waals surface area contributed by atoms with Gasteiger partial charge in [-0.2, -0.15) is 5.10 Å². The Kier molecular flexibility index (Phi) is 3.74. The molecule has 0 amide bonds. The van der Waals surface area contributed by atoms with Crippen molar-refractivity contribution in [2.45, 2.75) is 25.7 Å². The van der Waals surface area contributed by atoms with Crippen molar-refractivity contribution >= 4 is 23.1 Å². The zero-order valence-corrected chi connectivity index (χ0v) is 12.0. The van der Waals surface area contributed by atoms with Gasteiger partial charge in [0, 0.05) is 16.8 Å². The van der Waals surface area contributed by atoms with Crippen LogP contribution in [0.3, 0.4) is 0 Å². The maximum atomic E-state index is 5.63. The van der Waals surface area contributed by atoms with Crippen molar-refractivity contribution in [3.8, 4) is 11.3 Å². The summed E-state index contributed by atoms with van der Waals surface area (Å²) in [5, 5.41) is 7.63. The van der Waals surface area contributed by atoms with Gasteiger partial charge in [0.15, 0.2) is 0 Å². The summed E-state index contributed by atoms with van der Waals surface area (Å²) in [6, 6.07) is 7.95. The molecule has 0 bridgehead atoms. The van der Waals surface area contributed by atoms with E-state index in [1.807, 2.05) is 24.3 Å². The van der Waals surface area contributed by atoms with Gasteiger partial charge in [0.2, 0.25) is 0 Å². The van der Waals surface area contributed by atoms with Crippen LogP contribution in [0, 0.1) is 0 Å². The summed E-state index contributed by atoms with van der Waals surface area (Å²) in [4.78, 5) is 4.22. The number of nitrogens with two attached hydrogens (primary N) is 1. The van der Waals surface area contributed by atoms with Crippen LogP contribution in [0.2, 0.25) is 0 Å². The first-order valence-electron chi connectivity index (χ1n) is 6.83. The van der Waals surface area contributed by atoms with Crippen LogP contribution in [-0.2, 0) is 12.8 Å². The van der Waals surface area contributed by atoms with Crippen LogP contribution < -0.4 is 5.73 Å². The number of H-pyrrole nitrogens is 1. The summed E-state index contributed by atoms with van der Waals surface area (Å²) >= 11 is 5.62. The molecule has 3 N–H and O–H groups in total. The Morgan fingerprint density at radius 2 is 2.00 bits per heavy atom. The van der Waals surface area contributed by atoms with Gasteiger partial charge in [-0.15, -0.1) is 11.6 Å². The Hall–Kier alpha value is -1.81. The second-order valence-electron chi connectivity index (χ2n) is 5.02. The number of hydrogen-bond acceptors (Lipinski definition) is 2. The van der Waals surface area contributed by atoms with Crippen molar-refractivity contribution in [1.29, 1.82) is 0 Å². The predicted octanol–water partition coefficient (Wildman–Crippen LogP) is 3.18. The number of amidine groups is 1. The van der Waals surface area contributed by atoms with Crippen molar-refractivity contribution in [3.63, 3.8) is 0 Å². The van der Waals surface area contributed by atoms with Crippen molar-refractivity contribution in [3.05, 3.63) is 35.5 Å². The lowest BCUT2D eigenvalue weighted by Crippen LogP contribution is -2.12. The van der Waals surface area contributed by atoms with Gasteiger partial charge < -0.3 is 5.73 Å². The number of aromatic nitrogens is 2. The number of aliphatic imine (C=N–C) groups is 1. The van der Waals surface area contributed by atoms with E-state index >= 15 is 0 Å². The van der Waals surface area contributed by atoms with E-state index in [1.165, 1.54) is 24.1 Å². The van der Waals surface area contributed by atoms with E-state index in [2.05, 4.69) is 15.2 Å². The van der Waals surface area contributed by atoms with E-state index in [0.717, 1.165) is 29.8 Å². The maximum Gasteiger partial charge on any atom is 0.115 e. The molecule has 0 fully saturated rings. The standard InChI is InChI=1S/C15H17ClN4/c16-9-14(17)18-11-7-5-10(6-8-11)15-12-3-1-2-4-13(12)19-20-15/h5-8H,1-4,9H2,(H2,17,18)(H,19,20). The molecule has 2 aromatic rings. The van der Waals surface area contributed by atoms with Crippen LogP contribution >= 0.6 is 11.6 Å². The highest BCUT2D eigenvalue weighted by atomic mass is 35.5. The van der Waals surface area contributed by atoms with E-state index in [-0.39, 0.29) is 5.88 Å². The molecule has 0 saturated carbocycles. The minimum Gasteiger partial charge on any atom is -0.386 e. The molecule has 1 heterocycles. The molecule has 1 aliphatic rings. The number of rotatable bonds is 3. The minimum absolute atomic E-state index is 0.245. The highest BCUT2D eigenvalue weighted by Crippen LogP contribution is 2.30. The summed E-state index contributed by atoms with van der Waals surface area (Å²) in [6.45, 7) is 0. The first-order valence-corrected chi connectivity index (χ1v) is 7.37. The van der Waals surface area contributed by atoms with Crippen LogP contribution in [0.1, 0.15) is 24.1 Å². The first kappa shape index (κ1) is 13.2. The Morgan fingerprint density at radius 3 is 2.75 bits per heavy atom. The number of aryl methyl sites for hydroxylation is 1. The summed E-state index contributed by atoms with van der Waals surface area (Å²) < 4.78 is 0. The molecular formula is C15H17ClN4. The lowest BCUT2D eigenvalue weighted by Gasteiger charge is -2.11. The largest absolute Gasteiger partial charge is 0.386 e. The fourth-order valence-electron chi connectivity index (χ4n) is 2.61. The van der Waals surface area contributed by atoms with Crippen LogP contribution in [-0.4, -0.2) is 21.9 Å². The molecule has 0 spiro atoms. The lowest BCUT2D eigenvalue weighted by molar-refractivity contribution is 0.675. The van der Waals surface area contributed by atoms with E-state index in [9.17, 15) is 0 Å². The van der Waals surface area contributed by atoms with Crippen molar-refractivity contribution < 1.29 is 0 Å². The Labute approximate surface area is 123 Å². The van der Waals surface area contributed by atoms with Crippen molar-refractivity contribution in [2.24, 2.45) is 10.7 Å². The van der Waals surface area contributed by atoms with Crippen molar-refractivity contribution in [2.75, 3.05) is 5.88 Å². The normalized spacial score (nSPS) is 15.2. The molecule has 0 aliphatic heterocycles. The molecular weight excluding hydrogens is 272 g/mol.